The molecule has 0 radical (unpaired) electrons. The highest BCUT2D eigenvalue weighted by Gasteiger charge is 2.08. The van der Waals surface area contributed by atoms with Gasteiger partial charge in [0.15, 0.2) is 5.56 Å². The molecule has 0 aromatic heterocycles. The predicted molar refractivity (Wildman–Crippen MR) is 128 cm³/mol. The number of esters is 1. The number of nitrogens with zero attached hydrogens (tertiary/aromatic N) is 1. The first kappa shape index (κ1) is 24.4. The highest BCUT2D eigenvalue weighted by atomic mass is 35.5. The van der Waals surface area contributed by atoms with Crippen LogP contribution in [0.4, 0.5) is 0 Å². The molecule has 0 bridgehead atoms. The second-order valence-corrected chi connectivity index (χ2v) is 7.95. The Labute approximate surface area is 190 Å². The average molecular weight is 436 g/mol. The molecule has 0 saturated heterocycles. The van der Waals surface area contributed by atoms with Gasteiger partial charge < -0.3 is 4.74 Å². The minimum Gasteiger partial charge on any atom is -0.443 e. The molecule has 3 aromatic rings. The van der Waals surface area contributed by atoms with Gasteiger partial charge in [-0.3, -0.25) is 4.90 Å². The van der Waals surface area contributed by atoms with E-state index in [4.69, 9.17) is 11.6 Å². The van der Waals surface area contributed by atoms with Crippen LogP contribution in [0.25, 0.3) is 0 Å². The van der Waals surface area contributed by atoms with Gasteiger partial charge >= 0.3 is 5.97 Å². The van der Waals surface area contributed by atoms with E-state index in [2.05, 4.69) is 107 Å². The van der Waals surface area contributed by atoms with Crippen LogP contribution in [0, 0.1) is 0 Å². The van der Waals surface area contributed by atoms with Crippen LogP contribution in [0.1, 0.15) is 30.5 Å². The van der Waals surface area contributed by atoms with Gasteiger partial charge in [-0.15, -0.1) is 0 Å². The lowest BCUT2D eigenvalue weighted by molar-refractivity contribution is -0.140. The molecular formula is C27H30ClNO2. The average Bonchev–Trinajstić information content (AvgIpc) is 2.76. The number of carbonyl (C=O) groups excluding carboxylic acids is 1. The van der Waals surface area contributed by atoms with E-state index in [1.165, 1.54) is 16.7 Å². The van der Waals surface area contributed by atoms with Crippen molar-refractivity contribution in [3.05, 3.63) is 120 Å². The second-order valence-electron chi connectivity index (χ2n) is 7.33. The molecule has 162 valence electrons. The lowest BCUT2D eigenvalue weighted by Gasteiger charge is -2.23. The van der Waals surface area contributed by atoms with Crippen molar-refractivity contribution in [2.45, 2.75) is 39.0 Å². The molecule has 31 heavy (non-hydrogen) atoms. The summed E-state index contributed by atoms with van der Waals surface area (Å²) >= 11 is 5.33. The van der Waals surface area contributed by atoms with E-state index in [1.807, 2.05) is 0 Å². The van der Waals surface area contributed by atoms with E-state index in [-0.39, 0.29) is 0 Å². The number of hydrogen-bond acceptors (Lipinski definition) is 3. The van der Waals surface area contributed by atoms with E-state index in [9.17, 15) is 4.79 Å². The molecule has 0 aliphatic heterocycles. The Bertz CT molecular complexity index is 813. The van der Waals surface area contributed by atoms with Crippen LogP contribution in [-0.2, 0) is 29.2 Å². The fourth-order valence-corrected chi connectivity index (χ4v) is 3.02. The maximum absolute atomic E-state index is 10.5. The minimum atomic E-state index is -0.575. The van der Waals surface area contributed by atoms with Gasteiger partial charge in [-0.05, 0) is 30.5 Å². The second kappa shape index (κ2) is 13.4. The third-order valence-electron chi connectivity index (χ3n) is 4.36. The van der Waals surface area contributed by atoms with Gasteiger partial charge in [-0.1, -0.05) is 109 Å². The van der Waals surface area contributed by atoms with Gasteiger partial charge in [0.2, 0.25) is 0 Å². The molecule has 3 nitrogen and oxygen atoms in total. The monoisotopic (exact) mass is 435 g/mol. The van der Waals surface area contributed by atoms with Crippen molar-refractivity contribution in [1.82, 2.24) is 4.90 Å². The molecule has 0 fully saturated rings. The van der Waals surface area contributed by atoms with Crippen molar-refractivity contribution in [1.29, 1.82) is 0 Å². The number of ether oxygens (including phenoxy) is 1. The van der Waals surface area contributed by atoms with Crippen LogP contribution in [0.15, 0.2) is 103 Å². The maximum Gasteiger partial charge on any atom is 0.334 e. The van der Waals surface area contributed by atoms with E-state index in [0.29, 0.717) is 5.57 Å². The largest absolute Gasteiger partial charge is 0.443 e. The van der Waals surface area contributed by atoms with E-state index < -0.39 is 11.5 Å². The van der Waals surface area contributed by atoms with Crippen molar-refractivity contribution in [2.24, 2.45) is 0 Å². The van der Waals surface area contributed by atoms with E-state index in [1.54, 1.807) is 13.8 Å². The Morgan fingerprint density at radius 3 is 1.35 bits per heavy atom. The maximum atomic E-state index is 10.5. The number of alkyl halides is 1. The van der Waals surface area contributed by atoms with Crippen molar-refractivity contribution in [3.8, 4) is 0 Å². The summed E-state index contributed by atoms with van der Waals surface area (Å²) in [6.07, 6.45) is 0. The number of hydrogen-bond donors (Lipinski definition) is 0. The Balaban J connectivity index is 0.000000323. The van der Waals surface area contributed by atoms with Crippen LogP contribution >= 0.6 is 11.6 Å². The Hall–Kier alpha value is -2.88. The van der Waals surface area contributed by atoms with Gasteiger partial charge in [0, 0.05) is 25.2 Å². The van der Waals surface area contributed by atoms with Crippen LogP contribution in [0.3, 0.4) is 0 Å². The number of halogens is 1. The molecule has 0 saturated carbocycles. The third kappa shape index (κ3) is 10.1. The molecule has 1 atom stereocenters. The quantitative estimate of drug-likeness (QED) is 0.227. The Morgan fingerprint density at radius 2 is 1.13 bits per heavy atom. The molecule has 0 N–H and O–H groups in total. The minimum absolute atomic E-state index is 0.363. The van der Waals surface area contributed by atoms with Crippen LogP contribution in [-0.4, -0.2) is 16.4 Å². The van der Waals surface area contributed by atoms with Crippen molar-refractivity contribution in [2.75, 3.05) is 0 Å². The first-order valence-electron chi connectivity index (χ1n) is 10.3. The molecule has 0 heterocycles. The zero-order chi connectivity index (χ0) is 22.5. The lowest BCUT2D eigenvalue weighted by atomic mass is 10.1. The van der Waals surface area contributed by atoms with Gasteiger partial charge in [-0.2, -0.15) is 0 Å². The van der Waals surface area contributed by atoms with Crippen LogP contribution < -0.4 is 0 Å². The highest BCUT2D eigenvalue weighted by Crippen LogP contribution is 2.14. The summed E-state index contributed by atoms with van der Waals surface area (Å²) in [5.74, 6) is -0.447. The fourth-order valence-electron chi connectivity index (χ4n) is 2.94. The fraction of sp³-hybridized carbons (Fsp3) is 0.222. The molecule has 3 rings (SSSR count). The van der Waals surface area contributed by atoms with Gasteiger partial charge in [0.25, 0.3) is 0 Å². The van der Waals surface area contributed by atoms with Crippen LogP contribution in [0.5, 0.6) is 0 Å². The summed E-state index contributed by atoms with van der Waals surface area (Å²) in [4.78, 5) is 13.0. The summed E-state index contributed by atoms with van der Waals surface area (Å²) in [5, 5.41) is 0. The number of carbonyl (C=O) groups is 1. The summed E-state index contributed by atoms with van der Waals surface area (Å²) < 4.78 is 4.54. The first-order chi connectivity index (χ1) is 14.9. The predicted octanol–water partition coefficient (Wildman–Crippen LogP) is 6.58. The molecule has 0 spiro atoms. The summed E-state index contributed by atoms with van der Waals surface area (Å²) in [6.45, 7) is 9.41. The zero-order valence-corrected chi connectivity index (χ0v) is 19.0. The Morgan fingerprint density at radius 1 is 0.806 bits per heavy atom. The standard InChI is InChI=1S/C21H21N.C6H9ClO2/c1-4-10-19(11-5-1)16-22(17-20-12-6-2-7-13-20)18-21-14-8-3-9-15-21;1-4(2)6(8)9-5(3)7/h1-15H,16-18H2;5H,1H2,2-3H3. The van der Waals surface area contributed by atoms with Crippen molar-refractivity contribution < 1.29 is 9.53 Å². The number of benzene rings is 3. The Kier molecular flexibility index (Phi) is 10.6. The molecule has 1 unspecified atom stereocenters. The van der Waals surface area contributed by atoms with Gasteiger partial charge in [0.05, 0.1) is 0 Å². The normalized spacial score (nSPS) is 11.2. The first-order valence-corrected chi connectivity index (χ1v) is 10.7. The summed E-state index contributed by atoms with van der Waals surface area (Å²) in [6, 6.07) is 32.1. The molecule has 4 heteroatoms. The summed E-state index contributed by atoms with van der Waals surface area (Å²) in [7, 11) is 0. The van der Waals surface area contributed by atoms with E-state index >= 15 is 0 Å². The third-order valence-corrected chi connectivity index (χ3v) is 4.45. The van der Waals surface area contributed by atoms with Gasteiger partial charge in [0.1, 0.15) is 0 Å². The van der Waals surface area contributed by atoms with Crippen LogP contribution in [0.2, 0.25) is 0 Å². The van der Waals surface area contributed by atoms with E-state index in [0.717, 1.165) is 19.6 Å². The smallest absolute Gasteiger partial charge is 0.334 e. The molecule has 3 aromatic carbocycles. The van der Waals surface area contributed by atoms with Crippen molar-refractivity contribution >= 4 is 17.6 Å². The molecule has 0 amide bonds. The summed E-state index contributed by atoms with van der Waals surface area (Å²) in [5.41, 5.74) is 3.86. The molecule has 0 aliphatic carbocycles. The SMILES string of the molecule is C=C(C)C(=O)OC(C)Cl.c1ccc(CN(Cc2ccccc2)Cc2ccccc2)cc1. The highest BCUT2D eigenvalue weighted by molar-refractivity contribution is 6.20. The lowest BCUT2D eigenvalue weighted by Crippen LogP contribution is -2.22. The zero-order valence-electron chi connectivity index (χ0n) is 18.2. The number of rotatable bonds is 8. The molecular weight excluding hydrogens is 406 g/mol. The topological polar surface area (TPSA) is 29.5 Å². The van der Waals surface area contributed by atoms with Gasteiger partial charge in [-0.25, -0.2) is 4.79 Å². The molecule has 0 aliphatic rings. The van der Waals surface area contributed by atoms with Crippen molar-refractivity contribution in [3.63, 3.8) is 0 Å².